The fourth-order valence-electron chi connectivity index (χ4n) is 2.33. The SMILES string of the molecule is Cc1ccc(/C=N/NC(=O)CCc2c[nH]c3ccccc23)o1. The lowest BCUT2D eigenvalue weighted by Gasteiger charge is -1.99. The molecule has 22 heavy (non-hydrogen) atoms. The predicted molar refractivity (Wildman–Crippen MR) is 85.8 cm³/mol. The summed E-state index contributed by atoms with van der Waals surface area (Å²) in [6.07, 6.45) is 4.50. The second-order valence-corrected chi connectivity index (χ2v) is 5.10. The summed E-state index contributed by atoms with van der Waals surface area (Å²) in [6, 6.07) is 11.7. The molecule has 0 aliphatic rings. The predicted octanol–water partition coefficient (Wildman–Crippen LogP) is 3.15. The molecule has 0 saturated carbocycles. The molecule has 0 radical (unpaired) electrons. The maximum atomic E-state index is 11.8. The highest BCUT2D eigenvalue weighted by Crippen LogP contribution is 2.18. The van der Waals surface area contributed by atoms with Crippen LogP contribution in [0.15, 0.2) is 52.1 Å². The van der Waals surface area contributed by atoms with Gasteiger partial charge in [-0.3, -0.25) is 4.79 Å². The molecular formula is C17H17N3O2. The van der Waals surface area contributed by atoms with Gasteiger partial charge in [-0.15, -0.1) is 0 Å². The van der Waals surface area contributed by atoms with Crippen molar-refractivity contribution in [2.75, 3.05) is 0 Å². The minimum Gasteiger partial charge on any atom is -0.460 e. The summed E-state index contributed by atoms with van der Waals surface area (Å²) < 4.78 is 5.33. The topological polar surface area (TPSA) is 70.4 Å². The Balaban J connectivity index is 1.53. The Morgan fingerprint density at radius 1 is 1.32 bits per heavy atom. The number of hydrazone groups is 1. The molecule has 5 heteroatoms. The molecule has 2 N–H and O–H groups in total. The molecule has 5 nitrogen and oxygen atoms in total. The van der Waals surface area contributed by atoms with Crippen molar-refractivity contribution in [3.63, 3.8) is 0 Å². The number of nitrogens with one attached hydrogen (secondary N) is 2. The Morgan fingerprint density at radius 3 is 3.00 bits per heavy atom. The Hall–Kier alpha value is -2.82. The van der Waals surface area contributed by atoms with Gasteiger partial charge in [0.05, 0.1) is 6.21 Å². The van der Waals surface area contributed by atoms with Crippen molar-refractivity contribution >= 4 is 23.0 Å². The molecule has 3 aromatic rings. The van der Waals surface area contributed by atoms with E-state index in [1.807, 2.05) is 37.4 Å². The van der Waals surface area contributed by atoms with Gasteiger partial charge in [-0.2, -0.15) is 5.10 Å². The number of furan rings is 1. The largest absolute Gasteiger partial charge is 0.460 e. The number of fused-ring (bicyclic) bond motifs is 1. The van der Waals surface area contributed by atoms with Gasteiger partial charge < -0.3 is 9.40 Å². The molecule has 0 saturated heterocycles. The summed E-state index contributed by atoms with van der Waals surface area (Å²) in [7, 11) is 0. The quantitative estimate of drug-likeness (QED) is 0.560. The number of hydrogen-bond acceptors (Lipinski definition) is 3. The fraction of sp³-hybridized carbons (Fsp3) is 0.176. The van der Waals surface area contributed by atoms with Crippen molar-refractivity contribution in [3.8, 4) is 0 Å². The van der Waals surface area contributed by atoms with Gasteiger partial charge >= 0.3 is 0 Å². The van der Waals surface area contributed by atoms with E-state index in [1.54, 1.807) is 6.07 Å². The third-order valence-corrected chi connectivity index (χ3v) is 3.44. The number of para-hydroxylation sites is 1. The highest BCUT2D eigenvalue weighted by Gasteiger charge is 2.06. The number of aromatic nitrogens is 1. The molecule has 0 aliphatic heterocycles. The molecule has 3 rings (SSSR count). The highest BCUT2D eigenvalue weighted by atomic mass is 16.3. The summed E-state index contributed by atoms with van der Waals surface area (Å²) in [5, 5.41) is 5.05. The summed E-state index contributed by atoms with van der Waals surface area (Å²) in [4.78, 5) is 15.0. The standard InChI is InChI=1S/C17H17N3O2/c1-12-6-8-14(22-12)11-19-20-17(21)9-7-13-10-18-16-5-3-2-4-15(13)16/h2-6,8,10-11,18H,7,9H2,1H3,(H,20,21)/b19-11+. The third kappa shape index (κ3) is 3.25. The average Bonchev–Trinajstić information content (AvgIpc) is 3.11. The number of amides is 1. The lowest BCUT2D eigenvalue weighted by molar-refractivity contribution is -0.121. The second-order valence-electron chi connectivity index (χ2n) is 5.10. The molecule has 1 amide bonds. The number of aromatic amines is 1. The van der Waals surface area contributed by atoms with Gasteiger partial charge in [-0.1, -0.05) is 18.2 Å². The zero-order chi connectivity index (χ0) is 15.4. The molecule has 0 aliphatic carbocycles. The Kier molecular flexibility index (Phi) is 4.05. The van der Waals surface area contributed by atoms with Crippen LogP contribution in [0, 0.1) is 6.92 Å². The van der Waals surface area contributed by atoms with E-state index in [2.05, 4.69) is 21.6 Å². The number of hydrogen-bond donors (Lipinski definition) is 2. The number of rotatable bonds is 5. The Bertz CT molecular complexity index is 814. The van der Waals surface area contributed by atoms with Crippen LogP contribution in [0.4, 0.5) is 0 Å². The van der Waals surface area contributed by atoms with Crippen LogP contribution in [-0.2, 0) is 11.2 Å². The summed E-state index contributed by atoms with van der Waals surface area (Å²) in [5.41, 5.74) is 4.73. The average molecular weight is 295 g/mol. The first kappa shape index (κ1) is 14.1. The van der Waals surface area contributed by atoms with Crippen LogP contribution in [-0.4, -0.2) is 17.1 Å². The minimum absolute atomic E-state index is 0.121. The van der Waals surface area contributed by atoms with Crippen LogP contribution in [0.1, 0.15) is 23.5 Å². The molecule has 0 bridgehead atoms. The normalized spacial score (nSPS) is 11.3. The van der Waals surface area contributed by atoms with Gasteiger partial charge in [0.25, 0.3) is 0 Å². The molecule has 0 spiro atoms. The molecule has 1 aromatic carbocycles. The van der Waals surface area contributed by atoms with E-state index in [0.29, 0.717) is 18.6 Å². The Labute approximate surface area is 128 Å². The summed E-state index contributed by atoms with van der Waals surface area (Å²) >= 11 is 0. The molecule has 2 aromatic heterocycles. The number of aryl methyl sites for hydroxylation is 2. The number of carbonyl (C=O) groups is 1. The highest BCUT2D eigenvalue weighted by molar-refractivity contribution is 5.84. The van der Waals surface area contributed by atoms with Crippen molar-refractivity contribution < 1.29 is 9.21 Å². The van der Waals surface area contributed by atoms with Gasteiger partial charge in [0.15, 0.2) is 0 Å². The maximum Gasteiger partial charge on any atom is 0.240 e. The van der Waals surface area contributed by atoms with E-state index in [9.17, 15) is 4.79 Å². The molecule has 0 atom stereocenters. The van der Waals surface area contributed by atoms with Crippen molar-refractivity contribution in [1.82, 2.24) is 10.4 Å². The fourth-order valence-corrected chi connectivity index (χ4v) is 2.33. The van der Waals surface area contributed by atoms with Crippen molar-refractivity contribution in [1.29, 1.82) is 0 Å². The number of benzene rings is 1. The molecule has 2 heterocycles. The number of carbonyl (C=O) groups excluding carboxylic acids is 1. The monoisotopic (exact) mass is 295 g/mol. The molecule has 0 fully saturated rings. The van der Waals surface area contributed by atoms with Crippen LogP contribution in [0.5, 0.6) is 0 Å². The van der Waals surface area contributed by atoms with Crippen LogP contribution >= 0.6 is 0 Å². The van der Waals surface area contributed by atoms with Gasteiger partial charge in [0.1, 0.15) is 11.5 Å². The Morgan fingerprint density at radius 2 is 2.18 bits per heavy atom. The van der Waals surface area contributed by atoms with E-state index >= 15 is 0 Å². The number of H-pyrrole nitrogens is 1. The van der Waals surface area contributed by atoms with E-state index in [0.717, 1.165) is 22.2 Å². The summed E-state index contributed by atoms with van der Waals surface area (Å²) in [6.45, 7) is 1.86. The van der Waals surface area contributed by atoms with Crippen molar-refractivity contribution in [2.24, 2.45) is 5.10 Å². The van der Waals surface area contributed by atoms with Crippen LogP contribution in [0.25, 0.3) is 10.9 Å². The smallest absolute Gasteiger partial charge is 0.240 e. The van der Waals surface area contributed by atoms with Crippen LogP contribution in [0.2, 0.25) is 0 Å². The zero-order valence-corrected chi connectivity index (χ0v) is 12.3. The number of nitrogens with zero attached hydrogens (tertiary/aromatic N) is 1. The first-order chi connectivity index (χ1) is 10.7. The lowest BCUT2D eigenvalue weighted by atomic mass is 10.1. The lowest BCUT2D eigenvalue weighted by Crippen LogP contribution is -2.17. The zero-order valence-electron chi connectivity index (χ0n) is 12.3. The van der Waals surface area contributed by atoms with Crippen molar-refractivity contribution in [3.05, 3.63) is 59.7 Å². The van der Waals surface area contributed by atoms with E-state index in [1.165, 1.54) is 6.21 Å². The molecule has 112 valence electrons. The van der Waals surface area contributed by atoms with Crippen LogP contribution < -0.4 is 5.43 Å². The van der Waals surface area contributed by atoms with Crippen molar-refractivity contribution in [2.45, 2.75) is 19.8 Å². The van der Waals surface area contributed by atoms with Gasteiger partial charge in [-0.25, -0.2) is 5.43 Å². The van der Waals surface area contributed by atoms with E-state index in [4.69, 9.17) is 4.42 Å². The molecule has 0 unspecified atom stereocenters. The maximum absolute atomic E-state index is 11.8. The van der Waals surface area contributed by atoms with Gasteiger partial charge in [0, 0.05) is 23.5 Å². The first-order valence-electron chi connectivity index (χ1n) is 7.16. The second kappa shape index (κ2) is 6.30. The van der Waals surface area contributed by atoms with E-state index < -0.39 is 0 Å². The molecular weight excluding hydrogens is 278 g/mol. The van der Waals surface area contributed by atoms with Gasteiger partial charge in [-0.05, 0) is 37.1 Å². The van der Waals surface area contributed by atoms with Crippen LogP contribution in [0.3, 0.4) is 0 Å². The third-order valence-electron chi connectivity index (χ3n) is 3.44. The summed E-state index contributed by atoms with van der Waals surface area (Å²) in [5.74, 6) is 1.31. The van der Waals surface area contributed by atoms with E-state index in [-0.39, 0.29) is 5.91 Å². The van der Waals surface area contributed by atoms with Gasteiger partial charge in [0.2, 0.25) is 5.91 Å². The first-order valence-corrected chi connectivity index (χ1v) is 7.16. The minimum atomic E-state index is -0.121.